The number of thioether (sulfide) groups is 1. The summed E-state index contributed by atoms with van der Waals surface area (Å²) in [5.41, 5.74) is 0.887. The Bertz CT molecular complexity index is 746. The van der Waals surface area contributed by atoms with Gasteiger partial charge in [0.2, 0.25) is 0 Å². The molecule has 7 heteroatoms. The summed E-state index contributed by atoms with van der Waals surface area (Å²) in [6.45, 7) is 0.518. The molecule has 0 heterocycles. The maximum atomic E-state index is 12.8. The maximum Gasteiger partial charge on any atom is 0.319 e. The zero-order valence-corrected chi connectivity index (χ0v) is 14.3. The van der Waals surface area contributed by atoms with Crippen molar-refractivity contribution in [3.8, 4) is 6.07 Å². The van der Waals surface area contributed by atoms with Gasteiger partial charge in [0, 0.05) is 17.1 Å². The highest BCUT2D eigenvalue weighted by atomic mass is 35.5. The zero-order valence-electron chi connectivity index (χ0n) is 12.7. The minimum absolute atomic E-state index is 0.249. The number of nitrogens with one attached hydrogen (secondary N) is 2. The molecule has 2 rings (SSSR count). The molecule has 124 valence electrons. The number of hydrogen-bond donors (Lipinski definition) is 2. The summed E-state index contributed by atoms with van der Waals surface area (Å²) in [5, 5.41) is 14.5. The van der Waals surface area contributed by atoms with E-state index in [0.717, 1.165) is 17.1 Å². The van der Waals surface area contributed by atoms with Crippen molar-refractivity contribution in [3.05, 3.63) is 58.9 Å². The van der Waals surface area contributed by atoms with Crippen molar-refractivity contribution in [1.29, 1.82) is 5.26 Å². The molecule has 0 fully saturated rings. The molecule has 0 spiro atoms. The Hall–Kier alpha value is -2.23. The molecular formula is C17H15ClFN3OS. The number of halogens is 2. The van der Waals surface area contributed by atoms with E-state index < -0.39 is 0 Å². The number of nitriles is 1. The van der Waals surface area contributed by atoms with Crippen molar-refractivity contribution in [2.24, 2.45) is 0 Å². The van der Waals surface area contributed by atoms with Crippen LogP contribution in [0.15, 0.2) is 47.4 Å². The Balaban J connectivity index is 1.67. The molecule has 0 aliphatic heterocycles. The lowest BCUT2D eigenvalue weighted by Crippen LogP contribution is -2.29. The van der Waals surface area contributed by atoms with Gasteiger partial charge in [-0.15, -0.1) is 11.8 Å². The van der Waals surface area contributed by atoms with Crippen molar-refractivity contribution in [1.82, 2.24) is 5.32 Å². The lowest BCUT2D eigenvalue weighted by molar-refractivity contribution is 0.252. The summed E-state index contributed by atoms with van der Waals surface area (Å²) in [4.78, 5) is 12.8. The van der Waals surface area contributed by atoms with Gasteiger partial charge in [-0.25, -0.2) is 9.18 Å². The van der Waals surface area contributed by atoms with Crippen LogP contribution in [0, 0.1) is 17.1 Å². The Morgan fingerprint density at radius 3 is 2.67 bits per heavy atom. The SMILES string of the molecule is N#Cc1ccc(NC(=O)NCCCSc2ccc(F)cc2)cc1Cl. The van der Waals surface area contributed by atoms with E-state index in [4.69, 9.17) is 16.9 Å². The van der Waals surface area contributed by atoms with Crippen molar-refractivity contribution in [2.75, 3.05) is 17.6 Å². The number of amides is 2. The van der Waals surface area contributed by atoms with E-state index in [1.807, 2.05) is 6.07 Å². The number of anilines is 1. The normalized spacial score (nSPS) is 10.0. The van der Waals surface area contributed by atoms with Crippen LogP contribution in [0.4, 0.5) is 14.9 Å². The van der Waals surface area contributed by atoms with Gasteiger partial charge >= 0.3 is 6.03 Å². The van der Waals surface area contributed by atoms with Gasteiger partial charge in [0.05, 0.1) is 10.6 Å². The lowest BCUT2D eigenvalue weighted by atomic mass is 10.2. The van der Waals surface area contributed by atoms with Gasteiger partial charge in [0.25, 0.3) is 0 Å². The molecule has 0 saturated heterocycles. The summed E-state index contributed by atoms with van der Waals surface area (Å²) >= 11 is 7.51. The average Bonchev–Trinajstić information content (AvgIpc) is 2.56. The van der Waals surface area contributed by atoms with Gasteiger partial charge in [-0.1, -0.05) is 11.6 Å². The topological polar surface area (TPSA) is 64.9 Å². The van der Waals surface area contributed by atoms with E-state index in [-0.39, 0.29) is 11.8 Å². The van der Waals surface area contributed by atoms with Crippen LogP contribution >= 0.6 is 23.4 Å². The van der Waals surface area contributed by atoms with Gasteiger partial charge in [-0.3, -0.25) is 0 Å². The number of hydrogen-bond acceptors (Lipinski definition) is 3. The van der Waals surface area contributed by atoms with E-state index in [2.05, 4.69) is 10.6 Å². The summed E-state index contributed by atoms with van der Waals surface area (Å²) in [6.07, 6.45) is 0.781. The number of carbonyl (C=O) groups excluding carboxylic acids is 1. The second kappa shape index (κ2) is 9.16. The summed E-state index contributed by atoms with van der Waals surface area (Å²) in [6, 6.07) is 12.6. The molecule has 0 unspecified atom stereocenters. The van der Waals surface area contributed by atoms with E-state index in [0.29, 0.717) is 22.8 Å². The van der Waals surface area contributed by atoms with E-state index in [1.54, 1.807) is 36.0 Å². The second-order valence-electron chi connectivity index (χ2n) is 4.84. The molecule has 0 radical (unpaired) electrons. The van der Waals surface area contributed by atoms with Crippen LogP contribution in [0.25, 0.3) is 0 Å². The van der Waals surface area contributed by atoms with E-state index >= 15 is 0 Å². The largest absolute Gasteiger partial charge is 0.338 e. The summed E-state index contributed by atoms with van der Waals surface area (Å²) < 4.78 is 12.8. The van der Waals surface area contributed by atoms with Crippen LogP contribution in [0.3, 0.4) is 0 Å². The number of benzene rings is 2. The van der Waals surface area contributed by atoms with Gasteiger partial charge in [0.1, 0.15) is 11.9 Å². The fourth-order valence-corrected chi connectivity index (χ4v) is 2.93. The number of nitrogens with zero attached hydrogens (tertiary/aromatic N) is 1. The molecule has 2 aromatic carbocycles. The van der Waals surface area contributed by atoms with Gasteiger partial charge in [0.15, 0.2) is 0 Å². The monoisotopic (exact) mass is 363 g/mol. The summed E-state index contributed by atoms with van der Waals surface area (Å²) in [5.74, 6) is 0.565. The van der Waals surface area contributed by atoms with E-state index in [1.165, 1.54) is 18.2 Å². The molecule has 0 aromatic heterocycles. The third kappa shape index (κ3) is 5.76. The first-order valence-corrected chi connectivity index (χ1v) is 8.58. The highest BCUT2D eigenvalue weighted by molar-refractivity contribution is 7.99. The first-order chi connectivity index (χ1) is 11.6. The second-order valence-corrected chi connectivity index (χ2v) is 6.42. The van der Waals surface area contributed by atoms with Crippen LogP contribution in [-0.4, -0.2) is 18.3 Å². The fraction of sp³-hybridized carbons (Fsp3) is 0.176. The van der Waals surface area contributed by atoms with Gasteiger partial charge in [-0.2, -0.15) is 5.26 Å². The summed E-state index contributed by atoms with van der Waals surface area (Å²) in [7, 11) is 0. The zero-order chi connectivity index (χ0) is 17.4. The van der Waals surface area contributed by atoms with Crippen LogP contribution in [-0.2, 0) is 0 Å². The molecule has 2 N–H and O–H groups in total. The third-order valence-electron chi connectivity index (χ3n) is 3.04. The van der Waals surface area contributed by atoms with Crippen LogP contribution in [0.5, 0.6) is 0 Å². The number of urea groups is 1. The Morgan fingerprint density at radius 1 is 1.25 bits per heavy atom. The quantitative estimate of drug-likeness (QED) is 0.579. The minimum Gasteiger partial charge on any atom is -0.338 e. The number of rotatable bonds is 6. The standard InChI is InChI=1S/C17H15ClFN3OS/c18-16-10-14(5-2-12(16)11-20)22-17(23)21-8-1-9-24-15-6-3-13(19)4-7-15/h2-7,10H,1,8-9H2,(H2,21,22,23). The van der Waals surface area contributed by atoms with Crippen molar-refractivity contribution in [2.45, 2.75) is 11.3 Å². The molecule has 4 nitrogen and oxygen atoms in total. The van der Waals surface area contributed by atoms with Crippen LogP contribution in [0.2, 0.25) is 5.02 Å². The maximum absolute atomic E-state index is 12.8. The molecular weight excluding hydrogens is 349 g/mol. The Morgan fingerprint density at radius 2 is 2.00 bits per heavy atom. The van der Waals surface area contributed by atoms with Crippen molar-refractivity contribution >= 4 is 35.1 Å². The van der Waals surface area contributed by atoms with Crippen LogP contribution < -0.4 is 10.6 Å². The first kappa shape index (κ1) is 18.1. The highest BCUT2D eigenvalue weighted by Crippen LogP contribution is 2.20. The molecule has 0 aliphatic rings. The van der Waals surface area contributed by atoms with Gasteiger partial charge in [-0.05, 0) is 54.6 Å². The predicted molar refractivity (Wildman–Crippen MR) is 94.9 cm³/mol. The average molecular weight is 364 g/mol. The van der Waals surface area contributed by atoms with Crippen molar-refractivity contribution < 1.29 is 9.18 Å². The highest BCUT2D eigenvalue weighted by Gasteiger charge is 2.04. The molecule has 24 heavy (non-hydrogen) atoms. The molecule has 0 atom stereocenters. The predicted octanol–water partition coefficient (Wildman–Crippen LogP) is 4.65. The molecule has 0 aliphatic carbocycles. The first-order valence-electron chi connectivity index (χ1n) is 7.21. The minimum atomic E-state index is -0.331. The third-order valence-corrected chi connectivity index (χ3v) is 4.45. The lowest BCUT2D eigenvalue weighted by Gasteiger charge is -2.08. The number of carbonyl (C=O) groups is 1. The van der Waals surface area contributed by atoms with Gasteiger partial charge < -0.3 is 10.6 Å². The Labute approximate surface area is 149 Å². The molecule has 2 amide bonds. The molecule has 0 bridgehead atoms. The van der Waals surface area contributed by atoms with Crippen molar-refractivity contribution in [3.63, 3.8) is 0 Å². The molecule has 0 saturated carbocycles. The van der Waals surface area contributed by atoms with Crippen LogP contribution in [0.1, 0.15) is 12.0 Å². The fourth-order valence-electron chi connectivity index (χ4n) is 1.85. The smallest absolute Gasteiger partial charge is 0.319 e. The van der Waals surface area contributed by atoms with E-state index in [9.17, 15) is 9.18 Å². The Kier molecular flexibility index (Phi) is 6.91. The molecule has 2 aromatic rings.